The number of nitrogens with zero attached hydrogens (tertiary/aromatic N) is 3. The largest absolute Gasteiger partial charge is 0.349 e. The Bertz CT molecular complexity index is 550. The summed E-state index contributed by atoms with van der Waals surface area (Å²) < 4.78 is 1.89. The van der Waals surface area contributed by atoms with E-state index in [9.17, 15) is 4.79 Å². The van der Waals surface area contributed by atoms with Crippen LogP contribution in [0, 0.1) is 0 Å². The Hall–Kier alpha value is -1.91. The Labute approximate surface area is 119 Å². The van der Waals surface area contributed by atoms with E-state index in [1.165, 1.54) is 19.3 Å². The number of pyridine rings is 1. The van der Waals surface area contributed by atoms with Crippen LogP contribution < -0.4 is 5.32 Å². The maximum absolute atomic E-state index is 11.7. The summed E-state index contributed by atoms with van der Waals surface area (Å²) in [6, 6.07) is 5.74. The summed E-state index contributed by atoms with van der Waals surface area (Å²) in [6.45, 7) is 2.62. The number of unbranched alkanes of at least 4 members (excludes halogenated alkanes) is 4. The van der Waals surface area contributed by atoms with Crippen LogP contribution in [0.25, 0.3) is 5.65 Å². The summed E-state index contributed by atoms with van der Waals surface area (Å²) in [5.74, 6) is 0.856. The summed E-state index contributed by atoms with van der Waals surface area (Å²) in [4.78, 5) is 11.7. The summed E-state index contributed by atoms with van der Waals surface area (Å²) in [6.07, 6.45) is 8.31. The molecule has 0 saturated carbocycles. The van der Waals surface area contributed by atoms with Gasteiger partial charge in [0.25, 0.3) is 0 Å². The van der Waals surface area contributed by atoms with Crippen LogP contribution in [0.15, 0.2) is 24.4 Å². The van der Waals surface area contributed by atoms with E-state index in [0.717, 1.165) is 24.3 Å². The minimum absolute atomic E-state index is 0.0918. The Morgan fingerprint density at radius 3 is 2.90 bits per heavy atom. The molecule has 1 amide bonds. The topological polar surface area (TPSA) is 59.3 Å². The van der Waals surface area contributed by atoms with Crippen molar-refractivity contribution in [3.63, 3.8) is 0 Å². The van der Waals surface area contributed by atoms with Crippen LogP contribution in [0.2, 0.25) is 0 Å². The SMILES string of the molecule is CCCCCCCC(=O)NCc1nnc2ccccn12. The highest BCUT2D eigenvalue weighted by Gasteiger charge is 2.06. The van der Waals surface area contributed by atoms with E-state index >= 15 is 0 Å². The minimum Gasteiger partial charge on any atom is -0.349 e. The Morgan fingerprint density at radius 2 is 2.05 bits per heavy atom. The first-order valence-electron chi connectivity index (χ1n) is 7.36. The zero-order valence-corrected chi connectivity index (χ0v) is 12.0. The van der Waals surface area contributed by atoms with E-state index in [1.807, 2.05) is 28.8 Å². The third-order valence-corrected chi connectivity index (χ3v) is 3.34. The van der Waals surface area contributed by atoms with Gasteiger partial charge in [0.05, 0.1) is 6.54 Å². The van der Waals surface area contributed by atoms with Crippen LogP contribution in [0.5, 0.6) is 0 Å². The molecule has 0 aliphatic heterocycles. The first-order valence-corrected chi connectivity index (χ1v) is 7.36. The lowest BCUT2D eigenvalue weighted by Crippen LogP contribution is -2.23. The highest BCUT2D eigenvalue weighted by Crippen LogP contribution is 2.05. The van der Waals surface area contributed by atoms with Gasteiger partial charge in [0, 0.05) is 12.6 Å². The maximum Gasteiger partial charge on any atom is 0.220 e. The molecule has 2 aromatic heterocycles. The molecule has 0 unspecified atom stereocenters. The monoisotopic (exact) mass is 274 g/mol. The Kier molecular flexibility index (Phi) is 5.53. The van der Waals surface area contributed by atoms with E-state index in [0.29, 0.717) is 13.0 Å². The van der Waals surface area contributed by atoms with Gasteiger partial charge >= 0.3 is 0 Å². The molecular formula is C15H22N4O. The van der Waals surface area contributed by atoms with Gasteiger partial charge in [-0.25, -0.2) is 0 Å². The third-order valence-electron chi connectivity index (χ3n) is 3.34. The zero-order valence-electron chi connectivity index (χ0n) is 12.0. The quantitative estimate of drug-likeness (QED) is 0.753. The number of carbonyl (C=O) groups is 1. The van der Waals surface area contributed by atoms with Crippen LogP contribution in [-0.2, 0) is 11.3 Å². The molecule has 5 nitrogen and oxygen atoms in total. The third kappa shape index (κ3) is 4.05. The molecule has 0 fully saturated rings. The van der Waals surface area contributed by atoms with Gasteiger partial charge in [-0.3, -0.25) is 9.20 Å². The summed E-state index contributed by atoms with van der Waals surface area (Å²) in [5, 5.41) is 11.0. The van der Waals surface area contributed by atoms with Crippen molar-refractivity contribution >= 4 is 11.6 Å². The average molecular weight is 274 g/mol. The number of amides is 1. The average Bonchev–Trinajstić information content (AvgIpc) is 2.88. The number of hydrogen-bond donors (Lipinski definition) is 1. The summed E-state index contributed by atoms with van der Waals surface area (Å²) >= 11 is 0. The van der Waals surface area contributed by atoms with Crippen molar-refractivity contribution in [3.8, 4) is 0 Å². The number of fused-ring (bicyclic) bond motifs is 1. The van der Waals surface area contributed by atoms with E-state index < -0.39 is 0 Å². The van der Waals surface area contributed by atoms with Gasteiger partial charge in [0.2, 0.25) is 5.91 Å². The van der Waals surface area contributed by atoms with Crippen LogP contribution in [0.3, 0.4) is 0 Å². The van der Waals surface area contributed by atoms with Crippen LogP contribution in [0.1, 0.15) is 51.3 Å². The molecule has 5 heteroatoms. The molecule has 0 spiro atoms. The Morgan fingerprint density at radius 1 is 1.20 bits per heavy atom. The molecule has 0 atom stereocenters. The normalized spacial score (nSPS) is 10.8. The number of rotatable bonds is 8. The summed E-state index contributed by atoms with van der Waals surface area (Å²) in [5.41, 5.74) is 0.802. The van der Waals surface area contributed by atoms with Gasteiger partial charge in [-0.1, -0.05) is 38.7 Å². The fourth-order valence-corrected chi connectivity index (χ4v) is 2.17. The molecule has 0 aliphatic carbocycles. The molecule has 2 heterocycles. The number of nitrogens with one attached hydrogen (secondary N) is 1. The predicted molar refractivity (Wildman–Crippen MR) is 78.2 cm³/mol. The van der Waals surface area contributed by atoms with Gasteiger partial charge in [-0.15, -0.1) is 10.2 Å². The number of carbonyl (C=O) groups excluding carboxylic acids is 1. The lowest BCUT2D eigenvalue weighted by Gasteiger charge is -2.04. The first kappa shape index (κ1) is 14.5. The Balaban J connectivity index is 1.73. The maximum atomic E-state index is 11.7. The van der Waals surface area contributed by atoms with Gasteiger partial charge in [0.15, 0.2) is 11.5 Å². The fraction of sp³-hybridized carbons (Fsp3) is 0.533. The summed E-state index contributed by atoms with van der Waals surface area (Å²) in [7, 11) is 0. The molecule has 0 saturated heterocycles. The second kappa shape index (κ2) is 7.62. The van der Waals surface area contributed by atoms with Gasteiger partial charge in [0.1, 0.15) is 0 Å². The van der Waals surface area contributed by atoms with E-state index in [2.05, 4.69) is 22.4 Å². The van der Waals surface area contributed by atoms with Crippen molar-refractivity contribution in [2.24, 2.45) is 0 Å². The number of aromatic nitrogens is 3. The van der Waals surface area contributed by atoms with Crippen molar-refractivity contribution in [1.82, 2.24) is 19.9 Å². The minimum atomic E-state index is 0.0918. The molecule has 0 bridgehead atoms. The zero-order chi connectivity index (χ0) is 14.2. The molecule has 1 N–H and O–H groups in total. The molecule has 0 aromatic carbocycles. The molecule has 2 aromatic rings. The van der Waals surface area contributed by atoms with E-state index in [4.69, 9.17) is 0 Å². The lowest BCUT2D eigenvalue weighted by molar-refractivity contribution is -0.121. The van der Waals surface area contributed by atoms with E-state index in [1.54, 1.807) is 0 Å². The predicted octanol–water partition coefficient (Wildman–Crippen LogP) is 2.71. The number of hydrogen-bond acceptors (Lipinski definition) is 3. The van der Waals surface area contributed by atoms with Crippen molar-refractivity contribution in [1.29, 1.82) is 0 Å². The van der Waals surface area contributed by atoms with Gasteiger partial charge < -0.3 is 5.32 Å². The van der Waals surface area contributed by atoms with Crippen molar-refractivity contribution in [2.75, 3.05) is 0 Å². The molecule has 20 heavy (non-hydrogen) atoms. The molecular weight excluding hydrogens is 252 g/mol. The van der Waals surface area contributed by atoms with Crippen molar-refractivity contribution in [2.45, 2.75) is 52.0 Å². The smallest absolute Gasteiger partial charge is 0.220 e. The molecule has 0 aliphatic rings. The first-order chi connectivity index (χ1) is 9.81. The van der Waals surface area contributed by atoms with Crippen LogP contribution in [-0.4, -0.2) is 20.5 Å². The standard InChI is InChI=1S/C15H22N4O/c1-2-3-4-5-6-10-15(20)16-12-14-18-17-13-9-7-8-11-19(13)14/h7-9,11H,2-6,10,12H2,1H3,(H,16,20). The highest BCUT2D eigenvalue weighted by atomic mass is 16.1. The second-order valence-corrected chi connectivity index (χ2v) is 4.99. The van der Waals surface area contributed by atoms with Crippen molar-refractivity contribution < 1.29 is 4.79 Å². The molecule has 108 valence electrons. The molecule has 0 radical (unpaired) electrons. The highest BCUT2D eigenvalue weighted by molar-refractivity contribution is 5.75. The van der Waals surface area contributed by atoms with Crippen LogP contribution in [0.4, 0.5) is 0 Å². The van der Waals surface area contributed by atoms with Crippen molar-refractivity contribution in [3.05, 3.63) is 30.2 Å². The fourth-order valence-electron chi connectivity index (χ4n) is 2.17. The van der Waals surface area contributed by atoms with Gasteiger partial charge in [-0.05, 0) is 18.6 Å². The van der Waals surface area contributed by atoms with Gasteiger partial charge in [-0.2, -0.15) is 0 Å². The lowest BCUT2D eigenvalue weighted by atomic mass is 10.1. The van der Waals surface area contributed by atoms with E-state index in [-0.39, 0.29) is 5.91 Å². The second-order valence-electron chi connectivity index (χ2n) is 4.99. The van der Waals surface area contributed by atoms with Crippen LogP contribution >= 0.6 is 0 Å². The molecule has 2 rings (SSSR count).